The summed E-state index contributed by atoms with van der Waals surface area (Å²) < 4.78 is 20.7. The first-order valence-electron chi connectivity index (χ1n) is 9.20. The van der Waals surface area contributed by atoms with Crippen LogP contribution in [0.4, 0.5) is 0 Å². The van der Waals surface area contributed by atoms with Crippen LogP contribution in [0.2, 0.25) is 29.6 Å². The molecule has 1 aliphatic rings. The van der Waals surface area contributed by atoms with Gasteiger partial charge >= 0.3 is 164 Å². The van der Waals surface area contributed by atoms with Gasteiger partial charge in [-0.3, -0.25) is 0 Å². The Kier molecular flexibility index (Phi) is 4.05. The van der Waals surface area contributed by atoms with Crippen molar-refractivity contribution < 1.29 is 17.6 Å². The molecule has 0 saturated heterocycles. The third-order valence-corrected chi connectivity index (χ3v) is 22.1. The number of hydrogen-bond acceptors (Lipinski definition) is 2. The van der Waals surface area contributed by atoms with Gasteiger partial charge in [0.2, 0.25) is 0 Å². The normalized spacial score (nSPS) is 19.1. The number of benzene rings is 2. The van der Waals surface area contributed by atoms with Crippen LogP contribution in [0.25, 0.3) is 11.1 Å². The summed E-state index contributed by atoms with van der Waals surface area (Å²) in [5.74, 6) is 0. The predicted molar refractivity (Wildman–Crippen MR) is 116 cm³/mol. The minimum absolute atomic E-state index is 0.195. The Balaban J connectivity index is 2.21. The molecule has 0 aliphatic heterocycles. The molecule has 142 valence electrons. The zero-order chi connectivity index (χ0) is 19.5. The second kappa shape index (κ2) is 5.09. The number of rotatable bonds is 5. The van der Waals surface area contributed by atoms with E-state index in [9.17, 15) is 3.32 Å². The van der Waals surface area contributed by atoms with E-state index in [0.29, 0.717) is 6.61 Å². The summed E-state index contributed by atoms with van der Waals surface area (Å²) in [7, 11) is 6.85. The Morgan fingerprint density at radius 3 is 1.85 bits per heavy atom. The van der Waals surface area contributed by atoms with Crippen LogP contribution < -0.4 is 0 Å². The van der Waals surface area contributed by atoms with Gasteiger partial charge in [-0.15, -0.1) is 0 Å². The van der Waals surface area contributed by atoms with Crippen LogP contribution in [-0.4, -0.2) is 23.0 Å². The molecule has 0 radical (unpaired) electrons. The molecule has 2 nitrogen and oxygen atoms in total. The Labute approximate surface area is 163 Å². The van der Waals surface area contributed by atoms with Gasteiger partial charge in [0.15, 0.2) is 0 Å². The summed E-state index contributed by atoms with van der Waals surface area (Å²) in [4.78, 5) is 0. The molecule has 0 aromatic heterocycles. The van der Waals surface area contributed by atoms with Crippen LogP contribution in [0.15, 0.2) is 48.5 Å². The van der Waals surface area contributed by atoms with E-state index in [4.69, 9.17) is 23.0 Å². The fourth-order valence-corrected chi connectivity index (χ4v) is 17.6. The van der Waals surface area contributed by atoms with Crippen LogP contribution >= 0.6 is 18.6 Å². The SMILES string of the molecule is C[Si](C)(C)OC[CH2][Ti]([CH3])(=[O])([SiH3])([Cl])([Cl])[CH]1c2ccccc2-c2ccccc21. The van der Waals surface area contributed by atoms with Crippen molar-refractivity contribution in [3.05, 3.63) is 59.7 Å². The molecule has 0 heterocycles. The zero-order valence-corrected chi connectivity index (χ0v) is 22.3. The summed E-state index contributed by atoms with van der Waals surface area (Å²) in [6, 6.07) is 16.1. The van der Waals surface area contributed by atoms with E-state index in [-0.39, 0.29) is 12.8 Å². The van der Waals surface area contributed by atoms with Crippen LogP contribution in [-0.2, 0) is 17.6 Å². The molecule has 0 spiro atoms. The molecule has 0 fully saturated rings. The van der Waals surface area contributed by atoms with Crippen molar-refractivity contribution in [2.75, 3.05) is 6.61 Å². The van der Waals surface area contributed by atoms with E-state index >= 15 is 0 Å². The van der Waals surface area contributed by atoms with Gasteiger partial charge in [-0.25, -0.2) is 0 Å². The van der Waals surface area contributed by atoms with Crippen LogP contribution in [0.1, 0.15) is 15.3 Å². The second-order valence-corrected chi connectivity index (χ2v) is 63.8. The van der Waals surface area contributed by atoms with Gasteiger partial charge in [0.1, 0.15) is 0 Å². The molecule has 0 unspecified atom stereocenters. The molecule has 2 aromatic rings. The zero-order valence-electron chi connectivity index (χ0n) is 16.2. The van der Waals surface area contributed by atoms with Crippen molar-refractivity contribution in [3.63, 3.8) is 0 Å². The molecular weight excluding hydrogens is 435 g/mol. The summed E-state index contributed by atoms with van der Waals surface area (Å²) in [6.45, 7) is 6.68. The molecule has 0 amide bonds. The van der Waals surface area contributed by atoms with E-state index in [1.165, 1.54) is 0 Å². The van der Waals surface area contributed by atoms with Crippen molar-refractivity contribution in [1.82, 2.24) is 0 Å². The van der Waals surface area contributed by atoms with Gasteiger partial charge in [0.05, 0.1) is 0 Å². The van der Waals surface area contributed by atoms with E-state index in [2.05, 4.69) is 31.8 Å². The molecule has 0 N–H and O–H groups in total. The fourth-order valence-electron chi connectivity index (χ4n) is 4.24. The minimum atomic E-state index is -6.15. The molecule has 0 saturated carbocycles. The molecule has 0 bridgehead atoms. The Bertz CT molecular complexity index is 955. The van der Waals surface area contributed by atoms with Gasteiger partial charge < -0.3 is 0 Å². The van der Waals surface area contributed by atoms with Crippen molar-refractivity contribution in [2.24, 2.45) is 0 Å². The van der Waals surface area contributed by atoms with E-state index in [1.54, 1.807) is 5.23 Å². The first kappa shape index (κ1) is 20.7. The maximum absolute atomic E-state index is 15.0. The topological polar surface area (TPSA) is 26.3 Å². The van der Waals surface area contributed by atoms with Gasteiger partial charge in [-0.2, -0.15) is 0 Å². The molecule has 7 heteroatoms. The summed E-state index contributed by atoms with van der Waals surface area (Å²) in [5, 5.41) is 1.67. The van der Waals surface area contributed by atoms with Crippen LogP contribution in [0.5, 0.6) is 0 Å². The Morgan fingerprint density at radius 1 is 1.00 bits per heavy atom. The average Bonchev–Trinajstić information content (AvgIpc) is 2.80. The standard InChI is InChI=1S/C13H9.C5H13OSi.CH3.2ClH.O.H3Si.Ti/c1-3-7-12-10(5-1)9-11-6-2-4-8-13(11)12;1-5-6-7(2,3)4;;;;;;/h1-9H;1,5H2,2-4H3;1H3;2*1H;;1H3;/q;;;;;;;+2/p-2. The van der Waals surface area contributed by atoms with Crippen LogP contribution in [0, 0.1) is 0 Å². The number of halogens is 2. The summed E-state index contributed by atoms with van der Waals surface area (Å²) in [6.07, 6.45) is 0. The quantitative estimate of drug-likeness (QED) is 0.527. The number of hydrogen-bond donors (Lipinski definition) is 0. The molecule has 3 rings (SSSR count). The van der Waals surface area contributed by atoms with Crippen molar-refractivity contribution in [3.8, 4) is 11.1 Å². The van der Waals surface area contributed by atoms with Crippen molar-refractivity contribution >= 4 is 35.0 Å². The van der Waals surface area contributed by atoms with Gasteiger partial charge in [0.25, 0.3) is 0 Å². The van der Waals surface area contributed by atoms with Crippen molar-refractivity contribution in [2.45, 2.75) is 33.8 Å². The molecule has 2 aromatic carbocycles. The average molecular weight is 463 g/mol. The molecular formula is C19H28Cl2O2Si2Ti. The fraction of sp³-hybridized carbons (Fsp3) is 0.368. The monoisotopic (exact) mass is 462 g/mol. The summed E-state index contributed by atoms with van der Waals surface area (Å²) >= 11 is 0. The summed E-state index contributed by atoms with van der Waals surface area (Å²) in [5.41, 5.74) is 4.13. The van der Waals surface area contributed by atoms with Crippen molar-refractivity contribution in [1.29, 1.82) is 0 Å². The molecule has 1 aliphatic carbocycles. The first-order valence-corrected chi connectivity index (χ1v) is 26.8. The second-order valence-electron chi connectivity index (χ2n) is 10.4. The third kappa shape index (κ3) is 3.88. The van der Waals surface area contributed by atoms with Crippen LogP contribution in [0.3, 0.4) is 0 Å². The van der Waals surface area contributed by atoms with Gasteiger partial charge in [-0.1, -0.05) is 0 Å². The third-order valence-electron chi connectivity index (χ3n) is 5.52. The van der Waals surface area contributed by atoms with E-state index in [1.807, 2.05) is 36.4 Å². The maximum atomic E-state index is 15.0. The molecule has 26 heavy (non-hydrogen) atoms. The predicted octanol–water partition coefficient (Wildman–Crippen LogP) is 5.77. The van der Waals surface area contributed by atoms with E-state index < -0.39 is 22.4 Å². The van der Waals surface area contributed by atoms with E-state index in [0.717, 1.165) is 22.3 Å². The van der Waals surface area contributed by atoms with Gasteiger partial charge in [-0.05, 0) is 0 Å². The van der Waals surface area contributed by atoms with Gasteiger partial charge in [0, 0.05) is 0 Å². The first-order chi connectivity index (χ1) is 11.5. The Morgan fingerprint density at radius 2 is 1.42 bits per heavy atom. The Hall–Kier alpha value is -0.0719. The molecule has 0 atom stereocenters. The number of fused-ring (bicyclic) bond motifs is 3.